The van der Waals surface area contributed by atoms with E-state index in [4.69, 9.17) is 16.3 Å². The van der Waals surface area contributed by atoms with Crippen LogP contribution in [0, 0.1) is 5.82 Å². The Hall–Kier alpha value is -1.33. The van der Waals surface area contributed by atoms with Crippen molar-refractivity contribution in [2.45, 2.75) is 13.0 Å². The molecule has 94 valence electrons. The fraction of sp³-hybridized carbons (Fsp3) is 0.364. The second-order valence-electron chi connectivity index (χ2n) is 3.56. The zero-order valence-corrected chi connectivity index (χ0v) is 10.3. The van der Waals surface area contributed by atoms with Crippen molar-refractivity contribution in [3.63, 3.8) is 0 Å². The molecule has 1 rings (SSSR count). The molecule has 0 aromatic heterocycles. The van der Waals surface area contributed by atoms with Crippen molar-refractivity contribution in [1.82, 2.24) is 5.32 Å². The molecule has 0 aliphatic carbocycles. The summed E-state index contributed by atoms with van der Waals surface area (Å²) in [5.41, 5.74) is 0.0413. The Morgan fingerprint density at radius 1 is 1.59 bits per heavy atom. The third kappa shape index (κ3) is 4.20. The van der Waals surface area contributed by atoms with E-state index in [0.717, 1.165) is 0 Å². The number of halogens is 2. The molecule has 1 aromatic carbocycles. The van der Waals surface area contributed by atoms with Gasteiger partial charge in [-0.05, 0) is 19.1 Å². The van der Waals surface area contributed by atoms with Crippen LogP contribution in [-0.4, -0.2) is 25.8 Å². The summed E-state index contributed by atoms with van der Waals surface area (Å²) in [4.78, 5) is 11.5. The Morgan fingerprint density at radius 3 is 2.94 bits per heavy atom. The lowest BCUT2D eigenvalue weighted by molar-refractivity contribution is 0.173. The summed E-state index contributed by atoms with van der Waals surface area (Å²) < 4.78 is 18.3. The van der Waals surface area contributed by atoms with Crippen LogP contribution in [0.3, 0.4) is 0 Å². The quantitative estimate of drug-likeness (QED) is 0.874. The standard InChI is InChI=1S/C11H14ClFN2O2/c1-7(6-17-2)14-11(16)15-9-5-3-4-8(12)10(9)13/h3-5,7H,6H2,1-2H3,(H2,14,15,16)/t7-/m0/s1. The largest absolute Gasteiger partial charge is 0.383 e. The van der Waals surface area contributed by atoms with Gasteiger partial charge in [-0.15, -0.1) is 0 Å². The van der Waals surface area contributed by atoms with E-state index in [2.05, 4.69) is 10.6 Å². The molecule has 2 amide bonds. The van der Waals surface area contributed by atoms with E-state index in [9.17, 15) is 9.18 Å². The lowest BCUT2D eigenvalue weighted by Crippen LogP contribution is -2.38. The molecule has 1 aromatic rings. The van der Waals surface area contributed by atoms with E-state index >= 15 is 0 Å². The van der Waals surface area contributed by atoms with Gasteiger partial charge in [0.1, 0.15) is 0 Å². The van der Waals surface area contributed by atoms with Crippen molar-refractivity contribution >= 4 is 23.3 Å². The number of carbonyl (C=O) groups is 1. The smallest absolute Gasteiger partial charge is 0.319 e. The predicted molar refractivity (Wildman–Crippen MR) is 64.9 cm³/mol. The second kappa shape index (κ2) is 6.42. The van der Waals surface area contributed by atoms with Crippen LogP contribution in [0.5, 0.6) is 0 Å². The van der Waals surface area contributed by atoms with Gasteiger partial charge in [-0.3, -0.25) is 0 Å². The van der Waals surface area contributed by atoms with Gasteiger partial charge in [0.15, 0.2) is 5.82 Å². The fourth-order valence-electron chi connectivity index (χ4n) is 1.27. The molecule has 2 N–H and O–H groups in total. The number of ether oxygens (including phenoxy) is 1. The normalized spacial score (nSPS) is 12.0. The SMILES string of the molecule is COC[C@H](C)NC(=O)Nc1cccc(Cl)c1F. The summed E-state index contributed by atoms with van der Waals surface area (Å²) in [7, 11) is 1.53. The molecule has 6 heteroatoms. The van der Waals surface area contributed by atoms with Gasteiger partial charge in [-0.1, -0.05) is 17.7 Å². The van der Waals surface area contributed by atoms with Crippen LogP contribution in [0.15, 0.2) is 18.2 Å². The molecule has 0 spiro atoms. The molecule has 0 fully saturated rings. The molecule has 17 heavy (non-hydrogen) atoms. The average molecular weight is 261 g/mol. The summed E-state index contributed by atoms with van der Waals surface area (Å²) >= 11 is 5.59. The molecule has 4 nitrogen and oxygen atoms in total. The van der Waals surface area contributed by atoms with E-state index < -0.39 is 11.8 Å². The van der Waals surface area contributed by atoms with Gasteiger partial charge in [-0.25, -0.2) is 9.18 Å². The molecule has 0 unspecified atom stereocenters. The summed E-state index contributed by atoms with van der Waals surface area (Å²) in [6.07, 6.45) is 0. The minimum absolute atomic E-state index is 0.0345. The number of urea groups is 1. The van der Waals surface area contributed by atoms with Crippen molar-refractivity contribution in [3.05, 3.63) is 29.0 Å². The fourth-order valence-corrected chi connectivity index (χ4v) is 1.45. The molecule has 0 saturated carbocycles. The monoisotopic (exact) mass is 260 g/mol. The number of benzene rings is 1. The average Bonchev–Trinajstić information content (AvgIpc) is 2.25. The molecule has 0 aliphatic heterocycles. The lowest BCUT2D eigenvalue weighted by atomic mass is 10.3. The maximum Gasteiger partial charge on any atom is 0.319 e. The molecule has 0 aliphatic rings. The van der Waals surface area contributed by atoms with Gasteiger partial charge in [0.2, 0.25) is 0 Å². The Bertz CT molecular complexity index is 401. The molecule has 0 heterocycles. The Morgan fingerprint density at radius 2 is 2.29 bits per heavy atom. The van der Waals surface area contributed by atoms with Gasteiger partial charge >= 0.3 is 6.03 Å². The number of hydrogen-bond acceptors (Lipinski definition) is 2. The van der Waals surface area contributed by atoms with E-state index in [1.54, 1.807) is 13.0 Å². The van der Waals surface area contributed by atoms with Crippen molar-refractivity contribution in [2.75, 3.05) is 19.0 Å². The van der Waals surface area contributed by atoms with Crippen LogP contribution >= 0.6 is 11.6 Å². The number of carbonyl (C=O) groups excluding carboxylic acids is 1. The van der Waals surface area contributed by atoms with Gasteiger partial charge in [0, 0.05) is 7.11 Å². The lowest BCUT2D eigenvalue weighted by Gasteiger charge is -2.14. The summed E-state index contributed by atoms with van der Waals surface area (Å²) in [6, 6.07) is 3.73. The highest BCUT2D eigenvalue weighted by Gasteiger charge is 2.11. The van der Waals surface area contributed by atoms with Gasteiger partial charge < -0.3 is 15.4 Å². The molecule has 0 bridgehead atoms. The number of amides is 2. The predicted octanol–water partition coefficient (Wildman–Crippen LogP) is 2.64. The van der Waals surface area contributed by atoms with E-state index in [-0.39, 0.29) is 16.8 Å². The van der Waals surface area contributed by atoms with E-state index in [1.165, 1.54) is 19.2 Å². The first-order valence-electron chi connectivity index (χ1n) is 5.05. The number of rotatable bonds is 4. The first-order chi connectivity index (χ1) is 8.04. The van der Waals surface area contributed by atoms with E-state index in [1.807, 2.05) is 0 Å². The zero-order chi connectivity index (χ0) is 12.8. The molecule has 0 saturated heterocycles. The zero-order valence-electron chi connectivity index (χ0n) is 9.59. The Labute approximate surface area is 104 Å². The number of methoxy groups -OCH3 is 1. The van der Waals surface area contributed by atoms with Crippen LogP contribution in [0.2, 0.25) is 5.02 Å². The third-order valence-corrected chi connectivity index (χ3v) is 2.29. The highest BCUT2D eigenvalue weighted by atomic mass is 35.5. The highest BCUT2D eigenvalue weighted by Crippen LogP contribution is 2.21. The summed E-state index contributed by atoms with van der Waals surface area (Å²) in [5, 5.41) is 4.93. The summed E-state index contributed by atoms with van der Waals surface area (Å²) in [6.45, 7) is 2.16. The molecule has 0 radical (unpaired) electrons. The van der Waals surface area contributed by atoms with E-state index in [0.29, 0.717) is 6.61 Å². The van der Waals surface area contributed by atoms with Gasteiger partial charge in [0.25, 0.3) is 0 Å². The molecular formula is C11H14ClFN2O2. The number of nitrogens with one attached hydrogen (secondary N) is 2. The molecular weight excluding hydrogens is 247 g/mol. The highest BCUT2D eigenvalue weighted by molar-refractivity contribution is 6.31. The van der Waals surface area contributed by atoms with Crippen molar-refractivity contribution in [2.24, 2.45) is 0 Å². The van der Waals surface area contributed by atoms with Gasteiger partial charge in [-0.2, -0.15) is 0 Å². The third-order valence-electron chi connectivity index (χ3n) is 1.99. The topological polar surface area (TPSA) is 50.4 Å². The van der Waals surface area contributed by atoms with Crippen LogP contribution in [-0.2, 0) is 4.74 Å². The van der Waals surface area contributed by atoms with Crippen molar-refractivity contribution in [1.29, 1.82) is 0 Å². The Kier molecular flexibility index (Phi) is 5.18. The first-order valence-corrected chi connectivity index (χ1v) is 5.43. The van der Waals surface area contributed by atoms with Gasteiger partial charge in [0.05, 0.1) is 23.4 Å². The minimum atomic E-state index is -0.649. The van der Waals surface area contributed by atoms with Crippen LogP contribution in [0.1, 0.15) is 6.92 Å². The number of anilines is 1. The maximum absolute atomic E-state index is 13.4. The first kappa shape index (κ1) is 13.7. The summed E-state index contributed by atoms with van der Waals surface area (Å²) in [5.74, 6) is -0.649. The van der Waals surface area contributed by atoms with Crippen LogP contribution in [0.4, 0.5) is 14.9 Å². The number of hydrogen-bond donors (Lipinski definition) is 2. The van der Waals surface area contributed by atoms with Crippen LogP contribution < -0.4 is 10.6 Å². The van der Waals surface area contributed by atoms with Crippen LogP contribution in [0.25, 0.3) is 0 Å². The second-order valence-corrected chi connectivity index (χ2v) is 3.96. The molecule has 1 atom stereocenters. The Balaban J connectivity index is 2.59. The maximum atomic E-state index is 13.4. The van der Waals surface area contributed by atoms with Crippen molar-refractivity contribution in [3.8, 4) is 0 Å². The minimum Gasteiger partial charge on any atom is -0.383 e. The van der Waals surface area contributed by atoms with Crippen molar-refractivity contribution < 1.29 is 13.9 Å².